The Hall–Kier alpha value is -4.70. The number of aryl methyl sites for hydroxylation is 1. The van der Waals surface area contributed by atoms with Crippen LogP contribution in [0.15, 0.2) is 71.5 Å². The number of carbonyl (C=O) groups excluding carboxylic acids is 2. The highest BCUT2D eigenvalue weighted by molar-refractivity contribution is 6.23. The topological polar surface area (TPSA) is 119 Å². The second kappa shape index (κ2) is 7.70. The summed E-state index contributed by atoms with van der Waals surface area (Å²) in [5.74, 6) is -1.64. The number of fused-ring (bicyclic) bond motifs is 11. The monoisotopic (exact) mass is 533 g/mol. The fraction of sp³-hybridized carbons (Fsp3) is 0.267. The second-order valence-corrected chi connectivity index (χ2v) is 11.0. The van der Waals surface area contributed by atoms with Gasteiger partial charge in [0, 0.05) is 23.7 Å². The zero-order valence-electron chi connectivity index (χ0n) is 21.5. The predicted octanol–water partition coefficient (Wildman–Crippen LogP) is 3.44. The van der Waals surface area contributed by atoms with Gasteiger partial charge >= 0.3 is 0 Å². The van der Waals surface area contributed by atoms with Crippen LogP contribution >= 0.6 is 0 Å². The molecule has 5 heterocycles. The van der Waals surface area contributed by atoms with Crippen molar-refractivity contribution in [2.24, 2.45) is 11.8 Å². The lowest BCUT2D eigenvalue weighted by molar-refractivity contribution is -0.384. The van der Waals surface area contributed by atoms with E-state index >= 15 is 0 Å². The summed E-state index contributed by atoms with van der Waals surface area (Å²) in [6, 6.07) is 18.8. The van der Waals surface area contributed by atoms with Crippen molar-refractivity contribution in [3.05, 3.63) is 104 Å². The van der Waals surface area contributed by atoms with Gasteiger partial charge in [0.2, 0.25) is 11.8 Å². The first-order chi connectivity index (χ1) is 19.4. The Morgan fingerprint density at radius 1 is 0.975 bits per heavy atom. The van der Waals surface area contributed by atoms with E-state index in [9.17, 15) is 24.5 Å². The van der Waals surface area contributed by atoms with Gasteiger partial charge in [-0.25, -0.2) is 9.88 Å². The van der Waals surface area contributed by atoms with Crippen molar-refractivity contribution in [3.63, 3.8) is 0 Å². The quantitative estimate of drug-likeness (QED) is 0.220. The minimum absolute atomic E-state index is 0.104. The molecule has 0 saturated carbocycles. The Balaban J connectivity index is 1.41. The van der Waals surface area contributed by atoms with Gasteiger partial charge in [-0.2, -0.15) is 0 Å². The van der Waals surface area contributed by atoms with Gasteiger partial charge in [-0.3, -0.25) is 34.0 Å². The lowest BCUT2D eigenvalue weighted by Gasteiger charge is -2.38. The highest BCUT2D eigenvalue weighted by atomic mass is 16.6. The van der Waals surface area contributed by atoms with E-state index in [-0.39, 0.29) is 29.1 Å². The maximum Gasteiger partial charge on any atom is 0.269 e. The fourth-order valence-corrected chi connectivity index (χ4v) is 7.86. The minimum atomic E-state index is -1.10. The molecule has 10 heteroatoms. The van der Waals surface area contributed by atoms with Crippen LogP contribution < -0.4 is 10.5 Å². The molecule has 40 heavy (non-hydrogen) atoms. The SMILES string of the molecule is Cc1cc([N+](=O)[O-])ccc1N1C(=O)[C@H]2[C@@H](C1=O)[C@]1(c3ccccc3-n3c1nc1ccccc1c3=O)N1CCC[C@@H]21. The Morgan fingerprint density at radius 3 is 2.55 bits per heavy atom. The van der Waals surface area contributed by atoms with Crippen LogP contribution in [0.25, 0.3) is 16.6 Å². The summed E-state index contributed by atoms with van der Waals surface area (Å²) in [6.45, 7) is 2.34. The number of aromatic nitrogens is 2. The summed E-state index contributed by atoms with van der Waals surface area (Å²) < 4.78 is 1.63. The Bertz CT molecular complexity index is 1900. The van der Waals surface area contributed by atoms with E-state index in [4.69, 9.17) is 4.98 Å². The van der Waals surface area contributed by atoms with Crippen LogP contribution in [-0.4, -0.2) is 43.8 Å². The molecule has 0 N–H and O–H groups in total. The van der Waals surface area contributed by atoms with E-state index in [0.717, 1.165) is 18.4 Å². The van der Waals surface area contributed by atoms with Crippen molar-refractivity contribution in [2.75, 3.05) is 11.4 Å². The van der Waals surface area contributed by atoms with Crippen LogP contribution in [0.2, 0.25) is 0 Å². The van der Waals surface area contributed by atoms with E-state index in [0.29, 0.717) is 40.2 Å². The molecule has 0 bridgehead atoms. The summed E-state index contributed by atoms with van der Waals surface area (Å²) in [7, 11) is 0. The third-order valence-corrected chi connectivity index (χ3v) is 9.27. The molecule has 198 valence electrons. The van der Waals surface area contributed by atoms with Crippen LogP contribution in [-0.2, 0) is 15.1 Å². The van der Waals surface area contributed by atoms with Crippen molar-refractivity contribution in [1.29, 1.82) is 0 Å². The molecule has 3 fully saturated rings. The first-order valence-corrected chi connectivity index (χ1v) is 13.4. The first-order valence-electron chi connectivity index (χ1n) is 13.4. The summed E-state index contributed by atoms with van der Waals surface area (Å²) in [4.78, 5) is 62.1. The number of non-ortho nitro benzene ring substituents is 1. The van der Waals surface area contributed by atoms with Crippen molar-refractivity contribution >= 4 is 34.1 Å². The molecule has 10 nitrogen and oxygen atoms in total. The summed E-state index contributed by atoms with van der Waals surface area (Å²) in [5.41, 5.74) is 1.45. The number of hydrogen-bond acceptors (Lipinski definition) is 7. The molecule has 8 rings (SSSR count). The molecule has 1 aromatic heterocycles. The zero-order chi connectivity index (χ0) is 27.5. The Labute approximate surface area is 227 Å². The average Bonchev–Trinajstić information content (AvgIpc) is 3.66. The molecule has 4 aliphatic heterocycles. The van der Waals surface area contributed by atoms with E-state index < -0.39 is 22.3 Å². The van der Waals surface area contributed by atoms with Crippen LogP contribution in [0.1, 0.15) is 29.8 Å². The van der Waals surface area contributed by atoms with Gasteiger partial charge in [0.25, 0.3) is 11.2 Å². The van der Waals surface area contributed by atoms with Crippen molar-refractivity contribution in [3.8, 4) is 5.69 Å². The number of hydrogen-bond donors (Lipinski definition) is 0. The molecular weight excluding hydrogens is 510 g/mol. The number of carbonyl (C=O) groups is 2. The average molecular weight is 534 g/mol. The summed E-state index contributed by atoms with van der Waals surface area (Å²) >= 11 is 0. The Kier molecular flexibility index (Phi) is 4.47. The third kappa shape index (κ3) is 2.57. The van der Waals surface area contributed by atoms with Gasteiger partial charge in [-0.05, 0) is 56.1 Å². The minimum Gasteiger partial charge on any atom is -0.283 e. The van der Waals surface area contributed by atoms with Gasteiger partial charge in [0.05, 0.1) is 39.0 Å². The fourth-order valence-electron chi connectivity index (χ4n) is 7.86. The molecule has 1 spiro atoms. The standard InChI is InChI=1S/C30H23N5O5/c1-16-15-17(35(39)40)12-13-21(16)33-27(37)24-23-11-6-14-32(23)30(25(24)28(33)38)19-8-3-5-10-22(19)34-26(36)18-7-2-4-9-20(18)31-29(30)34/h2-5,7-10,12-13,15,23-25H,6,11,14H2,1H3/t23-,24+,25-,30-/m0/s1. The van der Waals surface area contributed by atoms with Crippen LogP contribution in [0.5, 0.6) is 0 Å². The number of amides is 2. The van der Waals surface area contributed by atoms with Crippen molar-refractivity contribution in [2.45, 2.75) is 31.3 Å². The molecule has 4 aromatic rings. The lowest BCUT2D eigenvalue weighted by atomic mass is 9.75. The Morgan fingerprint density at radius 2 is 1.75 bits per heavy atom. The highest BCUT2D eigenvalue weighted by Crippen LogP contribution is 2.62. The molecule has 3 aromatic carbocycles. The molecule has 0 radical (unpaired) electrons. The number of benzene rings is 3. The van der Waals surface area contributed by atoms with Gasteiger partial charge in [0.1, 0.15) is 11.4 Å². The summed E-state index contributed by atoms with van der Waals surface area (Å²) in [5, 5.41) is 11.8. The molecule has 0 aliphatic carbocycles. The first kappa shape index (κ1) is 23.2. The summed E-state index contributed by atoms with van der Waals surface area (Å²) in [6.07, 6.45) is 1.60. The van der Waals surface area contributed by atoms with Gasteiger partial charge in [-0.15, -0.1) is 0 Å². The van der Waals surface area contributed by atoms with E-state index in [2.05, 4.69) is 4.90 Å². The van der Waals surface area contributed by atoms with Crippen LogP contribution in [0.4, 0.5) is 11.4 Å². The predicted molar refractivity (Wildman–Crippen MR) is 145 cm³/mol. The van der Waals surface area contributed by atoms with E-state index in [1.54, 1.807) is 29.7 Å². The molecule has 4 atom stereocenters. The number of imide groups is 1. The normalized spacial score (nSPS) is 26.4. The van der Waals surface area contributed by atoms with Gasteiger partial charge in [0.15, 0.2) is 0 Å². The molecule has 3 saturated heterocycles. The van der Waals surface area contributed by atoms with Crippen LogP contribution in [0, 0.1) is 28.9 Å². The lowest BCUT2D eigenvalue weighted by Crippen LogP contribution is -2.51. The highest BCUT2D eigenvalue weighted by Gasteiger charge is 2.73. The number of anilines is 1. The number of nitro groups is 1. The molecular formula is C30H23N5O5. The number of rotatable bonds is 2. The van der Waals surface area contributed by atoms with Gasteiger partial charge < -0.3 is 0 Å². The number of nitro benzene ring substituents is 1. The van der Waals surface area contributed by atoms with Gasteiger partial charge in [-0.1, -0.05) is 30.3 Å². The molecule has 4 aliphatic rings. The van der Waals surface area contributed by atoms with Crippen LogP contribution in [0.3, 0.4) is 0 Å². The maximum atomic E-state index is 14.6. The maximum absolute atomic E-state index is 14.6. The largest absolute Gasteiger partial charge is 0.283 e. The molecule has 2 amide bonds. The van der Waals surface area contributed by atoms with Crippen molar-refractivity contribution < 1.29 is 14.5 Å². The molecule has 0 unspecified atom stereocenters. The van der Waals surface area contributed by atoms with E-state index in [1.807, 2.05) is 30.3 Å². The second-order valence-electron chi connectivity index (χ2n) is 11.0. The number of para-hydroxylation sites is 2. The third-order valence-electron chi connectivity index (χ3n) is 9.27. The van der Waals surface area contributed by atoms with E-state index in [1.165, 1.54) is 23.1 Å². The van der Waals surface area contributed by atoms with Crippen molar-refractivity contribution in [1.82, 2.24) is 14.5 Å². The zero-order valence-corrected chi connectivity index (χ0v) is 21.5. The number of nitrogens with zero attached hydrogens (tertiary/aromatic N) is 5. The smallest absolute Gasteiger partial charge is 0.269 e.